The van der Waals surface area contributed by atoms with Crippen LogP contribution in [0, 0.1) is 11.8 Å². The summed E-state index contributed by atoms with van der Waals surface area (Å²) >= 11 is 0. The first-order valence-corrected chi connectivity index (χ1v) is 8.34. The predicted molar refractivity (Wildman–Crippen MR) is 87.3 cm³/mol. The first-order chi connectivity index (χ1) is 11.0. The van der Waals surface area contributed by atoms with Gasteiger partial charge in [0.2, 0.25) is 0 Å². The van der Waals surface area contributed by atoms with Gasteiger partial charge in [0, 0.05) is 24.5 Å². The Balaban J connectivity index is 3.26. The molecule has 1 aliphatic heterocycles. The molecule has 1 heterocycles. The minimum atomic E-state index is -0.934. The van der Waals surface area contributed by atoms with Gasteiger partial charge in [0.05, 0.1) is 6.61 Å². The fourth-order valence-electron chi connectivity index (χ4n) is 3.42. The van der Waals surface area contributed by atoms with Crippen LogP contribution < -0.4 is 0 Å². The molecule has 138 valence electrons. The lowest BCUT2D eigenvalue weighted by atomic mass is 9.82. The van der Waals surface area contributed by atoms with Crippen molar-refractivity contribution in [2.45, 2.75) is 65.6 Å². The summed E-state index contributed by atoms with van der Waals surface area (Å²) in [5.41, 5.74) is -0.725. The Kier molecular flexibility index (Phi) is 6.77. The second kappa shape index (κ2) is 7.96. The number of amides is 1. The van der Waals surface area contributed by atoms with Gasteiger partial charge < -0.3 is 14.6 Å². The van der Waals surface area contributed by atoms with E-state index < -0.39 is 41.6 Å². The highest BCUT2D eigenvalue weighted by Crippen LogP contribution is 2.39. The Morgan fingerprint density at radius 2 is 1.79 bits per heavy atom. The van der Waals surface area contributed by atoms with Crippen molar-refractivity contribution in [1.29, 1.82) is 0 Å². The zero-order chi connectivity index (χ0) is 18.7. The van der Waals surface area contributed by atoms with Gasteiger partial charge in [-0.1, -0.05) is 0 Å². The molecule has 0 saturated carbocycles. The van der Waals surface area contributed by atoms with Crippen LogP contribution in [0.15, 0.2) is 0 Å². The van der Waals surface area contributed by atoms with Crippen molar-refractivity contribution in [3.63, 3.8) is 0 Å². The van der Waals surface area contributed by atoms with Crippen LogP contribution in [-0.4, -0.2) is 58.8 Å². The number of hydrogen-bond donors (Lipinski definition) is 1. The molecule has 1 amide bonds. The summed E-state index contributed by atoms with van der Waals surface area (Å²) in [4.78, 5) is 38.5. The van der Waals surface area contributed by atoms with Crippen LogP contribution in [0.25, 0.3) is 0 Å². The second-order valence-electron chi connectivity index (χ2n) is 7.14. The van der Waals surface area contributed by atoms with E-state index in [0.29, 0.717) is 0 Å². The lowest BCUT2D eigenvalue weighted by Crippen LogP contribution is -2.48. The van der Waals surface area contributed by atoms with Crippen LogP contribution >= 0.6 is 0 Å². The van der Waals surface area contributed by atoms with Crippen molar-refractivity contribution >= 4 is 17.8 Å². The third kappa shape index (κ3) is 4.47. The maximum absolute atomic E-state index is 12.6. The van der Waals surface area contributed by atoms with E-state index in [0.717, 1.165) is 0 Å². The number of rotatable bonds is 5. The number of likely N-dealkylation sites (tertiary alicyclic amines) is 1. The smallest absolute Gasteiger partial charge is 0.411 e. The molecule has 0 aromatic heterocycles. The van der Waals surface area contributed by atoms with Gasteiger partial charge in [-0.25, -0.2) is 9.59 Å². The van der Waals surface area contributed by atoms with Gasteiger partial charge in [0.1, 0.15) is 17.4 Å². The summed E-state index contributed by atoms with van der Waals surface area (Å²) in [6.07, 6.45) is -0.420. The maximum Gasteiger partial charge on any atom is 0.411 e. The fraction of sp³-hybridized carbons (Fsp3) is 0.824. The molecule has 4 atom stereocenters. The third-order valence-electron chi connectivity index (χ3n) is 4.19. The summed E-state index contributed by atoms with van der Waals surface area (Å²) in [7, 11) is 0. The number of ketones is 1. The largest absolute Gasteiger partial charge is 0.464 e. The lowest BCUT2D eigenvalue weighted by Gasteiger charge is -2.31. The number of carbonyl (C=O) groups excluding carboxylic acids is 3. The van der Waals surface area contributed by atoms with E-state index in [1.807, 2.05) is 0 Å². The molecule has 0 radical (unpaired) electrons. The number of aliphatic hydroxyl groups is 1. The fourth-order valence-corrected chi connectivity index (χ4v) is 3.42. The standard InChI is InChI=1S/C17H29NO6/c1-7-23-15(21)14-12(8-9-19)13(11(3)20)10(2)18(14)16(22)24-17(4,5)6/h10,12-14,19H,7-9H2,1-6H3/t10-,12+,13-,14+/m1/s1. The Morgan fingerprint density at radius 3 is 2.21 bits per heavy atom. The summed E-state index contributed by atoms with van der Waals surface area (Å²) in [6.45, 7) is 10.0. The van der Waals surface area contributed by atoms with Gasteiger partial charge in [-0.05, 0) is 48.0 Å². The Bertz CT molecular complexity index is 484. The normalized spacial score (nSPS) is 27.0. The van der Waals surface area contributed by atoms with E-state index in [1.54, 1.807) is 34.6 Å². The van der Waals surface area contributed by atoms with Gasteiger partial charge in [-0.15, -0.1) is 0 Å². The Labute approximate surface area is 143 Å². The van der Waals surface area contributed by atoms with E-state index in [9.17, 15) is 19.5 Å². The quantitative estimate of drug-likeness (QED) is 0.765. The van der Waals surface area contributed by atoms with Crippen LogP contribution in [0.4, 0.5) is 4.79 Å². The average Bonchev–Trinajstić information content (AvgIpc) is 2.70. The van der Waals surface area contributed by atoms with Gasteiger partial charge in [-0.2, -0.15) is 0 Å². The number of esters is 1. The number of hydrogen-bond acceptors (Lipinski definition) is 6. The lowest BCUT2D eigenvalue weighted by molar-refractivity contribution is -0.150. The molecule has 7 heteroatoms. The molecule has 0 unspecified atom stereocenters. The first-order valence-electron chi connectivity index (χ1n) is 8.34. The number of nitrogens with zero attached hydrogens (tertiary/aromatic N) is 1. The molecule has 1 aliphatic rings. The highest BCUT2D eigenvalue weighted by molar-refractivity contribution is 5.88. The van der Waals surface area contributed by atoms with E-state index in [-0.39, 0.29) is 25.4 Å². The van der Waals surface area contributed by atoms with Crippen LogP contribution in [-0.2, 0) is 19.1 Å². The monoisotopic (exact) mass is 343 g/mol. The van der Waals surface area contributed by atoms with Crippen molar-refractivity contribution in [1.82, 2.24) is 4.90 Å². The number of aliphatic hydroxyl groups excluding tert-OH is 1. The number of carbonyl (C=O) groups is 3. The summed E-state index contributed by atoms with van der Waals surface area (Å²) in [6, 6.07) is -1.45. The maximum atomic E-state index is 12.6. The first kappa shape index (κ1) is 20.4. The highest BCUT2D eigenvalue weighted by atomic mass is 16.6. The molecule has 7 nitrogen and oxygen atoms in total. The van der Waals surface area contributed by atoms with E-state index in [4.69, 9.17) is 9.47 Å². The molecule has 0 aromatic rings. The molecule has 1 fully saturated rings. The van der Waals surface area contributed by atoms with Crippen molar-refractivity contribution in [3.05, 3.63) is 0 Å². The molecule has 0 spiro atoms. The van der Waals surface area contributed by atoms with Gasteiger partial charge in [0.15, 0.2) is 0 Å². The summed E-state index contributed by atoms with van der Waals surface area (Å²) < 4.78 is 10.5. The zero-order valence-corrected chi connectivity index (χ0v) is 15.4. The average molecular weight is 343 g/mol. The third-order valence-corrected chi connectivity index (χ3v) is 4.19. The van der Waals surface area contributed by atoms with Gasteiger partial charge >= 0.3 is 12.1 Å². The molecule has 1 saturated heterocycles. The molecular formula is C17H29NO6. The molecule has 24 heavy (non-hydrogen) atoms. The molecular weight excluding hydrogens is 314 g/mol. The molecule has 1 N–H and O–H groups in total. The van der Waals surface area contributed by atoms with Crippen molar-refractivity contribution in [3.8, 4) is 0 Å². The number of ether oxygens (including phenoxy) is 2. The zero-order valence-electron chi connectivity index (χ0n) is 15.4. The second-order valence-corrected chi connectivity index (χ2v) is 7.14. The van der Waals surface area contributed by atoms with Gasteiger partial charge in [-0.3, -0.25) is 9.69 Å². The Hall–Kier alpha value is -1.63. The van der Waals surface area contributed by atoms with Crippen LogP contribution in [0.2, 0.25) is 0 Å². The minimum Gasteiger partial charge on any atom is -0.464 e. The van der Waals surface area contributed by atoms with Crippen LogP contribution in [0.5, 0.6) is 0 Å². The topological polar surface area (TPSA) is 93.1 Å². The molecule has 0 aromatic carbocycles. The Morgan fingerprint density at radius 1 is 1.21 bits per heavy atom. The van der Waals surface area contributed by atoms with Crippen LogP contribution in [0.1, 0.15) is 48.0 Å². The van der Waals surface area contributed by atoms with E-state index in [2.05, 4.69) is 0 Å². The minimum absolute atomic E-state index is 0.124. The highest BCUT2D eigenvalue weighted by Gasteiger charge is 2.55. The van der Waals surface area contributed by atoms with E-state index in [1.165, 1.54) is 11.8 Å². The number of Topliss-reactive ketones (excluding diaryl/α,β-unsaturated/α-hetero) is 1. The molecule has 0 bridgehead atoms. The molecule has 1 rings (SSSR count). The van der Waals surface area contributed by atoms with Crippen molar-refractivity contribution in [2.75, 3.05) is 13.2 Å². The predicted octanol–water partition coefficient (Wildman–Crippen LogP) is 1.76. The van der Waals surface area contributed by atoms with Crippen molar-refractivity contribution < 1.29 is 29.0 Å². The van der Waals surface area contributed by atoms with E-state index >= 15 is 0 Å². The van der Waals surface area contributed by atoms with Crippen molar-refractivity contribution in [2.24, 2.45) is 11.8 Å². The summed E-state index contributed by atoms with van der Waals surface area (Å²) in [5, 5.41) is 9.36. The SMILES string of the molecule is CCOC(=O)[C@@H]1[C@@H](CCO)[C@@H](C(C)=O)[C@@H](C)N1C(=O)OC(C)(C)C. The van der Waals surface area contributed by atoms with Crippen LogP contribution in [0.3, 0.4) is 0 Å². The molecule has 0 aliphatic carbocycles. The summed E-state index contributed by atoms with van der Waals surface area (Å²) in [5.74, 6) is -1.73. The van der Waals surface area contributed by atoms with Gasteiger partial charge in [0.25, 0.3) is 0 Å².